The number of ether oxygens (including phenoxy) is 11. The van der Waals surface area contributed by atoms with Crippen molar-refractivity contribution in [1.29, 1.82) is 0 Å². The first-order chi connectivity index (χ1) is 54.1. The topological polar surface area (TPSA) is 550 Å². The van der Waals surface area contributed by atoms with Gasteiger partial charge in [0.25, 0.3) is 5.79 Å². The van der Waals surface area contributed by atoms with Gasteiger partial charge >= 0.3 is 5.97 Å². The molecule has 0 aromatic rings. The zero-order chi connectivity index (χ0) is 83.2. The number of carboxylic acids is 1. The second kappa shape index (κ2) is 54.2. The van der Waals surface area contributed by atoms with Gasteiger partial charge in [-0.3, -0.25) is 14.4 Å². The summed E-state index contributed by atoms with van der Waals surface area (Å²) in [6.07, 6.45) is -17.6. The predicted molar refractivity (Wildman–Crippen MR) is 409 cm³/mol. The van der Waals surface area contributed by atoms with Crippen molar-refractivity contribution in [1.82, 2.24) is 16.0 Å². The van der Waals surface area contributed by atoms with Crippen LogP contribution in [0.4, 0.5) is 0 Å². The number of thioether (sulfide) groups is 1. The molecule has 3 amide bonds. The number of carbonyl (C=O) groups is 4. The van der Waals surface area contributed by atoms with Crippen LogP contribution < -0.4 is 16.0 Å². The van der Waals surface area contributed by atoms with Gasteiger partial charge in [-0.25, -0.2) is 4.79 Å². The number of thiocarbonyl (C=S) groups is 1. The van der Waals surface area contributed by atoms with E-state index in [1.54, 1.807) is 11.8 Å². The van der Waals surface area contributed by atoms with E-state index in [4.69, 9.17) is 64.3 Å². The Morgan fingerprint density at radius 2 is 1.00 bits per heavy atom. The van der Waals surface area contributed by atoms with Crippen LogP contribution in [0.5, 0.6) is 0 Å². The normalized spacial score (nSPS) is 33.3. The van der Waals surface area contributed by atoms with Crippen molar-refractivity contribution < 1.29 is 158 Å². The van der Waals surface area contributed by atoms with E-state index in [9.17, 15) is 106 Å². The maximum Gasteiger partial charge on any atom is 0.364 e. The predicted octanol–water partition coefficient (Wildman–Crippen LogP) is -0.00770. The minimum atomic E-state index is -3.39. The van der Waals surface area contributed by atoms with Gasteiger partial charge in [0.05, 0.1) is 70.5 Å². The van der Waals surface area contributed by atoms with E-state index in [-0.39, 0.29) is 6.42 Å². The summed E-state index contributed by atoms with van der Waals surface area (Å²) in [6.45, 7) is 0.606. The molecule has 0 aromatic heterocycles. The number of carbonyl (C=O) groups excluding carboxylic acids is 3. The van der Waals surface area contributed by atoms with Crippen molar-refractivity contribution in [2.75, 3.05) is 52.0 Å². The number of nitrogens with one attached hydrogen (secondary N) is 3. The smallest absolute Gasteiger partial charge is 0.364 e. The summed E-state index contributed by atoms with van der Waals surface area (Å²) in [4.78, 5) is 53.1. The second-order valence-corrected chi connectivity index (χ2v) is 31.9. The van der Waals surface area contributed by atoms with Crippen LogP contribution in [0.2, 0.25) is 0 Å². The lowest BCUT2D eigenvalue weighted by Gasteiger charge is -2.52. The van der Waals surface area contributed by atoms with E-state index in [1.807, 2.05) is 13.0 Å². The van der Waals surface area contributed by atoms with E-state index >= 15 is 0 Å². The van der Waals surface area contributed by atoms with E-state index < -0.39 is 241 Å². The molecule has 37 heteroatoms. The maximum absolute atomic E-state index is 13.8. The highest BCUT2D eigenvalue weighted by molar-refractivity contribution is 8.22. The fraction of sp³-hybridized carbons (Fsp3) is 0.908. The maximum atomic E-state index is 13.8. The molecule has 0 unspecified atom stereocenters. The van der Waals surface area contributed by atoms with Crippen LogP contribution >= 0.6 is 24.0 Å². The van der Waals surface area contributed by atoms with Crippen LogP contribution in [-0.2, 0) is 71.3 Å². The molecule has 0 aliphatic carbocycles. The molecule has 35 nitrogen and oxygen atoms in total. The Bertz CT molecular complexity index is 2690. The van der Waals surface area contributed by atoms with Crippen molar-refractivity contribution in [3.05, 3.63) is 12.2 Å². The molecule has 5 fully saturated rings. The van der Waals surface area contributed by atoms with Gasteiger partial charge in [-0.1, -0.05) is 179 Å². The fourth-order valence-corrected chi connectivity index (χ4v) is 15.7. The molecule has 658 valence electrons. The third-order valence-corrected chi connectivity index (χ3v) is 22.4. The molecule has 0 radical (unpaired) electrons. The third kappa shape index (κ3) is 32.4. The number of rotatable bonds is 55. The summed E-state index contributed by atoms with van der Waals surface area (Å²) in [7, 11) is 0. The van der Waals surface area contributed by atoms with Crippen LogP contribution in [0, 0.1) is 0 Å². The lowest BCUT2D eigenvalue weighted by Crippen LogP contribution is -2.72. The molecule has 113 heavy (non-hydrogen) atoms. The Morgan fingerprint density at radius 3 is 1.54 bits per heavy atom. The van der Waals surface area contributed by atoms with Crippen molar-refractivity contribution in [2.45, 2.75) is 385 Å². The molecular formula is C76H135N3O32S2. The number of hydrogen-bond acceptors (Lipinski definition) is 33. The van der Waals surface area contributed by atoms with Crippen LogP contribution in [0.3, 0.4) is 0 Å². The second-order valence-electron chi connectivity index (χ2n) is 30.2. The number of carboxylic acid groups (broad SMARTS) is 1. The van der Waals surface area contributed by atoms with E-state index in [2.05, 4.69) is 22.9 Å². The Morgan fingerprint density at radius 1 is 0.531 bits per heavy atom. The Balaban J connectivity index is 1.34. The van der Waals surface area contributed by atoms with Crippen molar-refractivity contribution in [3.63, 3.8) is 0 Å². The summed E-state index contributed by atoms with van der Waals surface area (Å²) in [6, 6.07) is -4.82. The Hall–Kier alpha value is -3.18. The number of aliphatic hydroxyl groups excluding tert-OH is 16. The largest absolute Gasteiger partial charge is 0.479 e. The van der Waals surface area contributed by atoms with E-state index in [1.165, 1.54) is 102 Å². The van der Waals surface area contributed by atoms with Crippen molar-refractivity contribution >= 4 is 52.1 Å². The molecule has 0 aromatic carbocycles. The zero-order valence-electron chi connectivity index (χ0n) is 65.9. The molecule has 0 bridgehead atoms. The molecule has 20 N–H and O–H groups in total. The van der Waals surface area contributed by atoms with Gasteiger partial charge in [0.1, 0.15) is 116 Å². The minimum Gasteiger partial charge on any atom is -0.479 e. The highest BCUT2D eigenvalue weighted by atomic mass is 32.2. The van der Waals surface area contributed by atoms with Crippen LogP contribution in [-0.4, -0.2) is 338 Å². The van der Waals surface area contributed by atoms with Gasteiger partial charge in [0.2, 0.25) is 22.1 Å². The monoisotopic (exact) mass is 1670 g/mol. The molecule has 0 saturated carbocycles. The first-order valence-electron chi connectivity index (χ1n) is 40.8. The quantitative estimate of drug-likeness (QED) is 0.0216. The molecule has 5 rings (SSSR count). The lowest BCUT2D eigenvalue weighted by molar-refractivity contribution is -0.403. The Kier molecular flexibility index (Phi) is 48.1. The minimum absolute atomic E-state index is 0.123. The van der Waals surface area contributed by atoms with Gasteiger partial charge in [-0.15, -0.1) is 0 Å². The molecular weight excluding hydrogens is 1530 g/mol. The van der Waals surface area contributed by atoms with E-state index in [0.717, 1.165) is 83.8 Å². The first-order valence-corrected chi connectivity index (χ1v) is 42.2. The number of aliphatic hydroxyl groups is 16. The SMILES string of the molecule is CCCCCCCCCCCCC/C=C/[C@@H](O)[C@H](CO[C@@H]1O[C@H](CO)[C@@H](O[C@@H]2O[C@H](CO)[C@H](O[C@@H]3O[C@H](CO)[C@H](O)[C@H](O[C@@H]4O[C@H](CO)[C@H](O)[C@H](O)[C@H]4O)[C@H]3NC(C)=O)[C@H](O[C@]3(C(=O)O)C[C@H](O)[C@@H](NC(C)=O)[C@H]([C@H](O)[C@H](O)CO)O3)[C@H]2O)[C@H](O)[C@H]1O)NC(=O)CCCCCCCCCCCCCCCCCSC(=S)OCC. The average molecular weight is 1670 g/mol. The summed E-state index contributed by atoms with van der Waals surface area (Å²) < 4.78 is 66.1. The molecule has 28 atom stereocenters. The Labute approximate surface area is 672 Å². The summed E-state index contributed by atoms with van der Waals surface area (Å²) in [5.41, 5.74) is 0. The van der Waals surface area contributed by atoms with Crippen molar-refractivity contribution in [3.8, 4) is 0 Å². The third-order valence-electron chi connectivity index (χ3n) is 21.1. The molecule has 0 spiro atoms. The van der Waals surface area contributed by atoms with Gasteiger partial charge in [-0.2, -0.15) is 0 Å². The van der Waals surface area contributed by atoms with Crippen LogP contribution in [0.15, 0.2) is 12.2 Å². The van der Waals surface area contributed by atoms with E-state index in [0.29, 0.717) is 23.8 Å². The van der Waals surface area contributed by atoms with Crippen LogP contribution in [0.1, 0.15) is 214 Å². The standard InChI is InChI=1S/C76H135N3O32S2/c1-5-7-8-9-10-11-12-16-19-22-25-28-31-34-47(87)46(79-54(90)35-32-29-26-23-20-17-14-13-15-18-21-24-27-30-33-36-113-75(112)101-6-2)43-102-71-63(97)61(95)65(52(41-83)105-71)107-73-64(98)69(111-76(74(99)100)37-48(88)55(77-44(3)85)68(110-76)57(91)49(89)38-80)66(53(42-84)106-73)108-70-56(78-45(4)86)67(59(93)51(40-82)103-70)109-72-62(96)60(94)58(92)50(39-81)104-72/h31,34,46-53,55-73,80-84,87-89,91-98H,5-30,32-33,35-43H2,1-4H3,(H,77,85)(H,78,86)(H,79,90)(H,99,100)/b34-31+/t46-,47+,48-,49+,50+,51+,52+,53+,55+,56+,57+,58-,59-,60-,61+,62+,63+,64+,65+,66-,67+,68+,69+,70-,71+,72-,73-,76-/m0/s1. The first kappa shape index (κ1) is 100. The molecule has 5 saturated heterocycles. The lowest BCUT2D eigenvalue weighted by atomic mass is 9.88. The summed E-state index contributed by atoms with van der Waals surface area (Å²) in [5.74, 6) is -6.73. The fourth-order valence-electron chi connectivity index (χ4n) is 14.7. The number of amides is 3. The van der Waals surface area contributed by atoms with Gasteiger partial charge < -0.3 is 155 Å². The highest BCUT2D eigenvalue weighted by Gasteiger charge is 2.62. The number of allylic oxidation sites excluding steroid dienone is 1. The van der Waals surface area contributed by atoms with Crippen LogP contribution in [0.25, 0.3) is 0 Å². The van der Waals surface area contributed by atoms with Gasteiger partial charge in [0, 0.05) is 32.4 Å². The zero-order valence-corrected chi connectivity index (χ0v) is 67.6. The number of aliphatic carboxylic acids is 1. The number of unbranched alkanes of at least 4 members (excludes halogenated alkanes) is 25. The number of hydrogen-bond donors (Lipinski definition) is 20. The molecule has 5 aliphatic rings. The summed E-state index contributed by atoms with van der Waals surface area (Å²) in [5, 5.41) is 197. The highest BCUT2D eigenvalue weighted by Crippen LogP contribution is 2.41. The summed E-state index contributed by atoms with van der Waals surface area (Å²) >= 11 is 6.79. The molecule has 5 heterocycles. The van der Waals surface area contributed by atoms with Gasteiger partial charge in [0.15, 0.2) is 25.2 Å². The molecule has 5 aliphatic heterocycles. The van der Waals surface area contributed by atoms with Crippen molar-refractivity contribution in [2.24, 2.45) is 0 Å². The average Bonchev–Trinajstić information content (AvgIpc) is 0.739. The van der Waals surface area contributed by atoms with Gasteiger partial charge in [-0.05, 0) is 44.8 Å².